The zero-order valence-corrected chi connectivity index (χ0v) is 19.7. The molecular formula is C21H36IN3O3. The van der Waals surface area contributed by atoms with Crippen molar-refractivity contribution in [3.05, 3.63) is 29.8 Å². The van der Waals surface area contributed by atoms with Crippen molar-refractivity contribution in [2.45, 2.75) is 46.3 Å². The van der Waals surface area contributed by atoms with Gasteiger partial charge in [0, 0.05) is 26.3 Å². The zero-order chi connectivity index (χ0) is 19.3. The van der Waals surface area contributed by atoms with Crippen molar-refractivity contribution in [1.82, 2.24) is 10.6 Å². The van der Waals surface area contributed by atoms with E-state index in [4.69, 9.17) is 14.2 Å². The average Bonchev–Trinajstić information content (AvgIpc) is 3.18. The van der Waals surface area contributed by atoms with E-state index in [-0.39, 0.29) is 30.1 Å². The number of rotatable bonds is 11. The summed E-state index contributed by atoms with van der Waals surface area (Å²) in [5.41, 5.74) is 1.14. The molecule has 1 unspecified atom stereocenters. The number of nitrogens with one attached hydrogen (secondary N) is 2. The number of hydrogen-bond acceptors (Lipinski definition) is 4. The van der Waals surface area contributed by atoms with Gasteiger partial charge in [-0.3, -0.25) is 0 Å². The summed E-state index contributed by atoms with van der Waals surface area (Å²) in [5.74, 6) is 2.25. The first-order chi connectivity index (χ1) is 13.2. The molecule has 1 atom stereocenters. The average molecular weight is 505 g/mol. The summed E-state index contributed by atoms with van der Waals surface area (Å²) in [7, 11) is 0. The van der Waals surface area contributed by atoms with Gasteiger partial charge in [-0.1, -0.05) is 26.0 Å². The van der Waals surface area contributed by atoms with Crippen molar-refractivity contribution >= 4 is 29.9 Å². The molecule has 160 valence electrons. The molecule has 0 radical (unpaired) electrons. The van der Waals surface area contributed by atoms with E-state index in [9.17, 15) is 0 Å². The van der Waals surface area contributed by atoms with Gasteiger partial charge in [-0.2, -0.15) is 0 Å². The van der Waals surface area contributed by atoms with Gasteiger partial charge in [0.2, 0.25) is 0 Å². The molecule has 0 aromatic heterocycles. The van der Waals surface area contributed by atoms with Crippen molar-refractivity contribution in [2.24, 2.45) is 10.9 Å². The summed E-state index contributed by atoms with van der Waals surface area (Å²) in [6.07, 6.45) is 2.23. The fourth-order valence-electron chi connectivity index (χ4n) is 2.68. The van der Waals surface area contributed by atoms with Crippen LogP contribution in [0.25, 0.3) is 0 Å². The van der Waals surface area contributed by atoms with Crippen LogP contribution >= 0.6 is 24.0 Å². The molecule has 2 N–H and O–H groups in total. The molecule has 1 saturated heterocycles. The van der Waals surface area contributed by atoms with Crippen LogP contribution in [0.4, 0.5) is 0 Å². The number of nitrogens with zero attached hydrogens (tertiary/aromatic N) is 1. The molecule has 2 rings (SSSR count). The van der Waals surface area contributed by atoms with Crippen LogP contribution in [0.5, 0.6) is 5.75 Å². The highest BCUT2D eigenvalue weighted by atomic mass is 127. The van der Waals surface area contributed by atoms with E-state index >= 15 is 0 Å². The summed E-state index contributed by atoms with van der Waals surface area (Å²) in [6.45, 7) is 11.7. The SMILES string of the molecule is CCNC(=NCc1cccc(OCC(C)C)c1)NCCCOC1CCOC1.I. The van der Waals surface area contributed by atoms with Gasteiger partial charge in [-0.05, 0) is 43.4 Å². The quantitative estimate of drug-likeness (QED) is 0.208. The molecule has 1 aliphatic rings. The van der Waals surface area contributed by atoms with E-state index in [0.29, 0.717) is 12.5 Å². The summed E-state index contributed by atoms with van der Waals surface area (Å²) in [4.78, 5) is 4.67. The fraction of sp³-hybridized carbons (Fsp3) is 0.667. The zero-order valence-electron chi connectivity index (χ0n) is 17.4. The van der Waals surface area contributed by atoms with Crippen LogP contribution in [0.3, 0.4) is 0 Å². The number of hydrogen-bond donors (Lipinski definition) is 2. The van der Waals surface area contributed by atoms with Crippen LogP contribution in [0, 0.1) is 5.92 Å². The van der Waals surface area contributed by atoms with Crippen LogP contribution in [0.2, 0.25) is 0 Å². The van der Waals surface area contributed by atoms with Gasteiger partial charge in [0.05, 0.1) is 25.9 Å². The molecule has 1 aliphatic heterocycles. The summed E-state index contributed by atoms with van der Waals surface area (Å²) in [5, 5.41) is 6.65. The topological polar surface area (TPSA) is 64.1 Å². The van der Waals surface area contributed by atoms with Crippen molar-refractivity contribution in [2.75, 3.05) is 39.5 Å². The lowest BCUT2D eigenvalue weighted by Gasteiger charge is -2.13. The second-order valence-electron chi connectivity index (χ2n) is 7.18. The highest BCUT2D eigenvalue weighted by molar-refractivity contribution is 14.0. The minimum Gasteiger partial charge on any atom is -0.493 e. The van der Waals surface area contributed by atoms with Gasteiger partial charge >= 0.3 is 0 Å². The Hall–Kier alpha value is -1.06. The molecule has 1 aromatic rings. The van der Waals surface area contributed by atoms with Crippen LogP contribution < -0.4 is 15.4 Å². The minimum absolute atomic E-state index is 0. The second-order valence-corrected chi connectivity index (χ2v) is 7.18. The molecule has 0 bridgehead atoms. The molecule has 1 aromatic carbocycles. The Morgan fingerprint density at radius 2 is 2.18 bits per heavy atom. The fourth-order valence-corrected chi connectivity index (χ4v) is 2.68. The van der Waals surface area contributed by atoms with Crippen molar-refractivity contribution in [3.8, 4) is 5.75 Å². The summed E-state index contributed by atoms with van der Waals surface area (Å²) >= 11 is 0. The lowest BCUT2D eigenvalue weighted by molar-refractivity contribution is 0.0420. The summed E-state index contributed by atoms with van der Waals surface area (Å²) in [6, 6.07) is 8.15. The number of benzene rings is 1. The lowest BCUT2D eigenvalue weighted by atomic mass is 10.2. The Labute approximate surface area is 186 Å². The predicted octanol–water partition coefficient (Wildman–Crippen LogP) is 3.59. The normalized spacial score (nSPS) is 16.7. The Balaban J connectivity index is 0.00000392. The van der Waals surface area contributed by atoms with Crippen LogP contribution in [-0.4, -0.2) is 51.6 Å². The lowest BCUT2D eigenvalue weighted by Crippen LogP contribution is -2.38. The first-order valence-electron chi connectivity index (χ1n) is 10.1. The smallest absolute Gasteiger partial charge is 0.191 e. The predicted molar refractivity (Wildman–Crippen MR) is 125 cm³/mol. The maximum absolute atomic E-state index is 5.79. The van der Waals surface area contributed by atoms with E-state index in [1.807, 2.05) is 12.1 Å². The van der Waals surface area contributed by atoms with Gasteiger partial charge in [0.25, 0.3) is 0 Å². The van der Waals surface area contributed by atoms with Crippen molar-refractivity contribution in [1.29, 1.82) is 0 Å². The van der Waals surface area contributed by atoms with Crippen LogP contribution in [0.1, 0.15) is 39.2 Å². The van der Waals surface area contributed by atoms with E-state index in [1.165, 1.54) is 0 Å². The van der Waals surface area contributed by atoms with Crippen LogP contribution in [-0.2, 0) is 16.0 Å². The molecule has 6 nitrogen and oxygen atoms in total. The van der Waals surface area contributed by atoms with Gasteiger partial charge in [-0.15, -0.1) is 24.0 Å². The molecule has 1 fully saturated rings. The van der Waals surface area contributed by atoms with E-state index in [0.717, 1.165) is 69.6 Å². The van der Waals surface area contributed by atoms with Gasteiger partial charge in [0.15, 0.2) is 5.96 Å². The highest BCUT2D eigenvalue weighted by Gasteiger charge is 2.15. The molecule has 0 aliphatic carbocycles. The number of aliphatic imine (C=N–C) groups is 1. The number of ether oxygens (including phenoxy) is 3. The number of guanidine groups is 1. The molecule has 28 heavy (non-hydrogen) atoms. The number of halogens is 1. The highest BCUT2D eigenvalue weighted by Crippen LogP contribution is 2.15. The Bertz CT molecular complexity index is 564. The maximum atomic E-state index is 5.79. The van der Waals surface area contributed by atoms with E-state index in [1.54, 1.807) is 0 Å². The van der Waals surface area contributed by atoms with Crippen molar-refractivity contribution < 1.29 is 14.2 Å². The standard InChI is InChI=1S/C21H35N3O3.HI/c1-4-22-21(23-10-6-11-26-20-9-12-25-16-20)24-14-18-7-5-8-19(13-18)27-15-17(2)3;/h5,7-8,13,17,20H,4,6,9-12,14-16H2,1-3H3,(H2,22,23,24);1H. The van der Waals surface area contributed by atoms with Gasteiger partial charge < -0.3 is 24.8 Å². The first-order valence-corrected chi connectivity index (χ1v) is 10.1. The third-order valence-corrected chi connectivity index (χ3v) is 4.10. The van der Waals surface area contributed by atoms with Gasteiger partial charge in [0.1, 0.15) is 5.75 Å². The first kappa shape index (κ1) is 25.0. The third kappa shape index (κ3) is 10.5. The van der Waals surface area contributed by atoms with E-state index < -0.39 is 0 Å². The monoisotopic (exact) mass is 505 g/mol. The van der Waals surface area contributed by atoms with Crippen molar-refractivity contribution in [3.63, 3.8) is 0 Å². The molecule has 7 heteroatoms. The third-order valence-electron chi connectivity index (χ3n) is 4.10. The second kappa shape index (κ2) is 14.9. The molecule has 1 heterocycles. The minimum atomic E-state index is 0. The van der Waals surface area contributed by atoms with Gasteiger partial charge in [-0.25, -0.2) is 4.99 Å². The Morgan fingerprint density at radius 1 is 1.32 bits per heavy atom. The summed E-state index contributed by atoms with van der Waals surface area (Å²) < 4.78 is 16.9. The Kier molecular flexibility index (Phi) is 13.3. The molecule has 0 spiro atoms. The molecular weight excluding hydrogens is 469 g/mol. The van der Waals surface area contributed by atoms with Crippen LogP contribution in [0.15, 0.2) is 29.3 Å². The largest absolute Gasteiger partial charge is 0.493 e. The van der Waals surface area contributed by atoms with E-state index in [2.05, 4.69) is 48.5 Å². The Morgan fingerprint density at radius 3 is 2.89 bits per heavy atom. The maximum Gasteiger partial charge on any atom is 0.191 e. The molecule has 0 saturated carbocycles. The molecule has 0 amide bonds.